The van der Waals surface area contributed by atoms with Crippen LogP contribution in [0, 0.1) is 12.8 Å². The molecule has 1 fully saturated rings. The molecule has 2 aromatic carbocycles. The molecule has 1 aromatic heterocycles. The summed E-state index contributed by atoms with van der Waals surface area (Å²) in [6, 6.07) is 18.6. The quantitative estimate of drug-likeness (QED) is 0.586. The third-order valence-corrected chi connectivity index (χ3v) is 5.56. The molecule has 1 heterocycles. The second-order valence-corrected chi connectivity index (χ2v) is 7.83. The molecule has 2 amide bonds. The number of para-hydroxylation sites is 1. The summed E-state index contributed by atoms with van der Waals surface area (Å²) in [5.41, 5.74) is 1.53. The van der Waals surface area contributed by atoms with Crippen LogP contribution in [-0.2, 0) is 4.79 Å². The van der Waals surface area contributed by atoms with Crippen molar-refractivity contribution in [1.82, 2.24) is 0 Å². The Labute approximate surface area is 167 Å². The highest BCUT2D eigenvalue weighted by molar-refractivity contribution is 7.18. The van der Waals surface area contributed by atoms with Gasteiger partial charge in [0, 0.05) is 11.6 Å². The summed E-state index contributed by atoms with van der Waals surface area (Å²) in [7, 11) is 0. The predicted octanol–water partition coefficient (Wildman–Crippen LogP) is 5.45. The van der Waals surface area contributed by atoms with E-state index in [-0.39, 0.29) is 17.7 Å². The van der Waals surface area contributed by atoms with Crippen molar-refractivity contribution in [2.24, 2.45) is 5.92 Å². The van der Waals surface area contributed by atoms with Crippen LogP contribution in [0.4, 0.5) is 10.7 Å². The highest BCUT2D eigenvalue weighted by Gasteiger charge is 2.30. The molecule has 2 N–H and O–H groups in total. The van der Waals surface area contributed by atoms with Gasteiger partial charge in [-0.2, -0.15) is 0 Å². The lowest BCUT2D eigenvalue weighted by Gasteiger charge is -2.08. The monoisotopic (exact) mass is 392 g/mol. The Morgan fingerprint density at radius 1 is 0.964 bits per heavy atom. The van der Waals surface area contributed by atoms with E-state index in [1.54, 1.807) is 12.1 Å². The molecule has 0 aliphatic heterocycles. The van der Waals surface area contributed by atoms with Crippen LogP contribution in [-0.4, -0.2) is 11.8 Å². The van der Waals surface area contributed by atoms with Crippen molar-refractivity contribution in [1.29, 1.82) is 0 Å². The number of amides is 2. The molecule has 1 aliphatic rings. The summed E-state index contributed by atoms with van der Waals surface area (Å²) in [5.74, 6) is 1.44. The molecule has 28 heavy (non-hydrogen) atoms. The molecule has 142 valence electrons. The van der Waals surface area contributed by atoms with Crippen molar-refractivity contribution in [2.45, 2.75) is 19.8 Å². The van der Waals surface area contributed by atoms with Gasteiger partial charge in [0.2, 0.25) is 5.91 Å². The van der Waals surface area contributed by atoms with Gasteiger partial charge in [0.05, 0.1) is 9.88 Å². The number of aryl methyl sites for hydroxylation is 1. The highest BCUT2D eigenvalue weighted by Crippen LogP contribution is 2.33. The molecule has 1 saturated carbocycles. The third kappa shape index (κ3) is 4.40. The molecule has 4 rings (SSSR count). The van der Waals surface area contributed by atoms with Crippen LogP contribution in [0.1, 0.15) is 28.1 Å². The van der Waals surface area contributed by atoms with Gasteiger partial charge in [-0.15, -0.1) is 11.3 Å². The fourth-order valence-corrected chi connectivity index (χ4v) is 3.73. The summed E-state index contributed by atoms with van der Waals surface area (Å²) >= 11 is 1.30. The number of anilines is 2. The van der Waals surface area contributed by atoms with Gasteiger partial charge in [-0.05, 0) is 67.8 Å². The second kappa shape index (κ2) is 7.86. The minimum atomic E-state index is -0.189. The van der Waals surface area contributed by atoms with Crippen LogP contribution in [0.3, 0.4) is 0 Å². The summed E-state index contributed by atoms with van der Waals surface area (Å²) in [4.78, 5) is 25.1. The largest absolute Gasteiger partial charge is 0.457 e. The molecule has 0 bridgehead atoms. The molecular formula is C22H20N2O3S. The van der Waals surface area contributed by atoms with Crippen molar-refractivity contribution in [2.75, 3.05) is 10.6 Å². The van der Waals surface area contributed by atoms with Gasteiger partial charge >= 0.3 is 0 Å². The number of nitrogens with one attached hydrogen (secondary N) is 2. The molecule has 6 heteroatoms. The molecule has 0 atom stereocenters. The van der Waals surface area contributed by atoms with Crippen LogP contribution in [0.15, 0.2) is 60.7 Å². The fourth-order valence-electron chi connectivity index (χ4n) is 2.76. The molecule has 0 spiro atoms. The summed E-state index contributed by atoms with van der Waals surface area (Å²) < 4.78 is 5.76. The Balaban J connectivity index is 1.39. The summed E-state index contributed by atoms with van der Waals surface area (Å²) in [6.45, 7) is 1.87. The molecule has 0 saturated heterocycles. The van der Waals surface area contributed by atoms with E-state index in [0.717, 1.165) is 24.2 Å². The van der Waals surface area contributed by atoms with Crippen LogP contribution >= 0.6 is 11.3 Å². The lowest BCUT2D eigenvalue weighted by atomic mass is 10.2. The third-order valence-electron chi connectivity index (χ3n) is 4.41. The van der Waals surface area contributed by atoms with E-state index in [4.69, 9.17) is 4.74 Å². The van der Waals surface area contributed by atoms with Gasteiger partial charge in [-0.3, -0.25) is 9.59 Å². The number of benzene rings is 2. The van der Waals surface area contributed by atoms with Crippen LogP contribution in [0.5, 0.6) is 11.5 Å². The lowest BCUT2D eigenvalue weighted by molar-refractivity contribution is -0.117. The number of carbonyl (C=O) groups is 2. The van der Waals surface area contributed by atoms with Gasteiger partial charge in [0.15, 0.2) is 0 Å². The van der Waals surface area contributed by atoms with Gasteiger partial charge in [-0.25, -0.2) is 0 Å². The van der Waals surface area contributed by atoms with Crippen molar-refractivity contribution >= 4 is 33.8 Å². The Morgan fingerprint density at radius 3 is 2.32 bits per heavy atom. The molecule has 0 radical (unpaired) electrons. The first-order chi connectivity index (χ1) is 13.6. The number of rotatable bonds is 6. The SMILES string of the molecule is Cc1cc(NC(=O)C2CC2)sc1C(=O)Nc1ccc(Oc2ccccc2)cc1. The number of carbonyl (C=O) groups excluding carboxylic acids is 2. The number of hydrogen-bond acceptors (Lipinski definition) is 4. The zero-order chi connectivity index (χ0) is 19.5. The molecule has 1 aliphatic carbocycles. The van der Waals surface area contributed by atoms with Crippen molar-refractivity contribution < 1.29 is 14.3 Å². The standard InChI is InChI=1S/C22H20N2O3S/c1-14-13-19(24-21(25)15-7-8-15)28-20(14)22(26)23-16-9-11-18(12-10-16)27-17-5-3-2-4-6-17/h2-6,9-13,15H,7-8H2,1H3,(H,23,26)(H,24,25). The molecule has 3 aromatic rings. The van der Waals surface area contributed by atoms with Crippen LogP contribution in [0.25, 0.3) is 0 Å². The first-order valence-corrected chi connectivity index (χ1v) is 9.96. The fraction of sp³-hybridized carbons (Fsp3) is 0.182. The Morgan fingerprint density at radius 2 is 1.64 bits per heavy atom. The molecule has 0 unspecified atom stereocenters. The Bertz CT molecular complexity index is 992. The smallest absolute Gasteiger partial charge is 0.266 e. The Hall–Kier alpha value is -3.12. The van der Waals surface area contributed by atoms with E-state index in [2.05, 4.69) is 10.6 Å². The minimum absolute atomic E-state index is 0.0437. The molecular weight excluding hydrogens is 372 g/mol. The first-order valence-electron chi connectivity index (χ1n) is 9.14. The van der Waals surface area contributed by atoms with Crippen LogP contribution < -0.4 is 15.4 Å². The first kappa shape index (κ1) is 18.3. The molecule has 5 nitrogen and oxygen atoms in total. The maximum Gasteiger partial charge on any atom is 0.266 e. The summed E-state index contributed by atoms with van der Waals surface area (Å²) in [6.07, 6.45) is 1.90. The van der Waals surface area contributed by atoms with Crippen molar-refractivity contribution in [3.05, 3.63) is 71.1 Å². The highest BCUT2D eigenvalue weighted by atomic mass is 32.1. The Kier molecular flexibility index (Phi) is 5.12. The predicted molar refractivity (Wildman–Crippen MR) is 111 cm³/mol. The van der Waals surface area contributed by atoms with E-state index in [0.29, 0.717) is 21.3 Å². The zero-order valence-corrected chi connectivity index (χ0v) is 16.2. The summed E-state index contributed by atoms with van der Waals surface area (Å²) in [5, 5.41) is 6.51. The maximum atomic E-state index is 12.6. The van der Waals surface area contributed by atoms with E-state index in [1.807, 2.05) is 55.5 Å². The lowest BCUT2D eigenvalue weighted by Crippen LogP contribution is -2.12. The normalized spacial score (nSPS) is 13.0. The van der Waals surface area contributed by atoms with Gasteiger partial charge in [0.1, 0.15) is 11.5 Å². The average Bonchev–Trinajstić information content (AvgIpc) is 3.48. The number of ether oxygens (including phenoxy) is 1. The zero-order valence-electron chi connectivity index (χ0n) is 15.4. The average molecular weight is 392 g/mol. The number of hydrogen-bond donors (Lipinski definition) is 2. The maximum absolute atomic E-state index is 12.6. The van der Waals surface area contributed by atoms with E-state index in [1.165, 1.54) is 11.3 Å². The minimum Gasteiger partial charge on any atom is -0.457 e. The van der Waals surface area contributed by atoms with E-state index in [9.17, 15) is 9.59 Å². The van der Waals surface area contributed by atoms with Crippen molar-refractivity contribution in [3.63, 3.8) is 0 Å². The van der Waals surface area contributed by atoms with E-state index >= 15 is 0 Å². The topological polar surface area (TPSA) is 67.4 Å². The van der Waals surface area contributed by atoms with Crippen LogP contribution in [0.2, 0.25) is 0 Å². The van der Waals surface area contributed by atoms with Gasteiger partial charge in [0.25, 0.3) is 5.91 Å². The van der Waals surface area contributed by atoms with Gasteiger partial charge < -0.3 is 15.4 Å². The van der Waals surface area contributed by atoms with E-state index < -0.39 is 0 Å². The second-order valence-electron chi connectivity index (χ2n) is 6.78. The van der Waals surface area contributed by atoms with Gasteiger partial charge in [-0.1, -0.05) is 18.2 Å². The number of thiophene rings is 1. The van der Waals surface area contributed by atoms with Crippen molar-refractivity contribution in [3.8, 4) is 11.5 Å².